The topological polar surface area (TPSA) is 85.1 Å². The molecule has 0 spiro atoms. The van der Waals surface area contributed by atoms with Gasteiger partial charge in [-0.15, -0.1) is 0 Å². The molecule has 0 aromatic carbocycles. The largest absolute Gasteiger partial charge is 0.385 e. The number of nitrogens with one attached hydrogen (secondary N) is 2. The minimum absolute atomic E-state index is 0.195. The van der Waals surface area contributed by atoms with Gasteiger partial charge in [0.1, 0.15) is 17.5 Å². The van der Waals surface area contributed by atoms with Gasteiger partial charge in [0.15, 0.2) is 0 Å². The highest BCUT2D eigenvalue weighted by molar-refractivity contribution is 5.47. The Labute approximate surface area is 108 Å². The molecule has 1 heterocycles. The number of nitrogens with zero attached hydrogens (tertiary/aromatic N) is 2. The fourth-order valence-corrected chi connectivity index (χ4v) is 1.48. The standard InChI is InChI=1S/C12H23N5O/c1-9(8-13)15-12-7-11(16-10(2)17-12)14-5-4-6-18-3/h7,9H,4-6,8,13H2,1-3H3,(H2,14,15,16,17). The van der Waals surface area contributed by atoms with E-state index in [2.05, 4.69) is 20.6 Å². The van der Waals surface area contributed by atoms with Gasteiger partial charge < -0.3 is 21.1 Å². The minimum atomic E-state index is 0.195. The van der Waals surface area contributed by atoms with E-state index in [1.54, 1.807) is 7.11 Å². The summed E-state index contributed by atoms with van der Waals surface area (Å²) in [5, 5.41) is 6.48. The third-order valence-corrected chi connectivity index (χ3v) is 2.42. The van der Waals surface area contributed by atoms with Gasteiger partial charge in [-0.25, -0.2) is 9.97 Å². The van der Waals surface area contributed by atoms with Crippen LogP contribution in [0.4, 0.5) is 11.6 Å². The monoisotopic (exact) mass is 253 g/mol. The summed E-state index contributed by atoms with van der Waals surface area (Å²) in [5.74, 6) is 2.36. The van der Waals surface area contributed by atoms with Crippen molar-refractivity contribution in [1.82, 2.24) is 9.97 Å². The zero-order valence-corrected chi connectivity index (χ0v) is 11.4. The first kappa shape index (κ1) is 14.7. The number of hydrogen-bond acceptors (Lipinski definition) is 6. The van der Waals surface area contributed by atoms with Crippen molar-refractivity contribution in [3.05, 3.63) is 11.9 Å². The number of aryl methyl sites for hydroxylation is 1. The van der Waals surface area contributed by atoms with Crippen LogP contribution in [-0.2, 0) is 4.74 Å². The highest BCUT2D eigenvalue weighted by Gasteiger charge is 2.04. The second-order valence-corrected chi connectivity index (χ2v) is 4.24. The molecule has 0 aliphatic heterocycles. The van der Waals surface area contributed by atoms with E-state index < -0.39 is 0 Å². The molecule has 0 aliphatic rings. The van der Waals surface area contributed by atoms with E-state index >= 15 is 0 Å². The normalized spacial score (nSPS) is 12.2. The van der Waals surface area contributed by atoms with Gasteiger partial charge in [-0.05, 0) is 20.3 Å². The number of ether oxygens (including phenoxy) is 1. The number of methoxy groups -OCH3 is 1. The first-order valence-corrected chi connectivity index (χ1v) is 6.20. The lowest BCUT2D eigenvalue weighted by molar-refractivity contribution is 0.198. The van der Waals surface area contributed by atoms with E-state index in [0.717, 1.165) is 37.0 Å². The number of aromatic nitrogens is 2. The highest BCUT2D eigenvalue weighted by Crippen LogP contribution is 2.11. The maximum atomic E-state index is 5.57. The Balaban J connectivity index is 2.57. The van der Waals surface area contributed by atoms with E-state index in [0.29, 0.717) is 6.54 Å². The Bertz CT molecular complexity index is 358. The number of hydrogen-bond donors (Lipinski definition) is 3. The van der Waals surface area contributed by atoms with Crippen LogP contribution in [-0.4, -0.2) is 42.8 Å². The zero-order chi connectivity index (χ0) is 13.4. The third-order valence-electron chi connectivity index (χ3n) is 2.42. The molecule has 1 rings (SSSR count). The third kappa shape index (κ3) is 5.29. The first-order valence-electron chi connectivity index (χ1n) is 6.20. The summed E-state index contributed by atoms with van der Waals surface area (Å²) in [6, 6.07) is 2.09. The van der Waals surface area contributed by atoms with Crippen molar-refractivity contribution in [3.63, 3.8) is 0 Å². The molecular weight excluding hydrogens is 230 g/mol. The summed E-state index contributed by atoms with van der Waals surface area (Å²) < 4.78 is 5.00. The van der Waals surface area contributed by atoms with E-state index in [1.807, 2.05) is 19.9 Å². The van der Waals surface area contributed by atoms with Crippen molar-refractivity contribution in [2.75, 3.05) is 37.4 Å². The van der Waals surface area contributed by atoms with Crippen LogP contribution < -0.4 is 16.4 Å². The molecule has 6 heteroatoms. The summed E-state index contributed by atoms with van der Waals surface area (Å²) in [4.78, 5) is 8.65. The van der Waals surface area contributed by atoms with Gasteiger partial charge in [-0.3, -0.25) is 0 Å². The highest BCUT2D eigenvalue weighted by atomic mass is 16.5. The molecule has 4 N–H and O–H groups in total. The van der Waals surface area contributed by atoms with Gasteiger partial charge in [-0.1, -0.05) is 0 Å². The summed E-state index contributed by atoms with van der Waals surface area (Å²) in [6.45, 7) is 6.03. The van der Waals surface area contributed by atoms with E-state index in [1.165, 1.54) is 0 Å². The van der Waals surface area contributed by atoms with E-state index in [4.69, 9.17) is 10.5 Å². The predicted octanol–water partition coefficient (Wildman–Crippen LogP) is 0.993. The smallest absolute Gasteiger partial charge is 0.132 e. The molecule has 0 saturated carbocycles. The lowest BCUT2D eigenvalue weighted by Gasteiger charge is -2.14. The first-order chi connectivity index (χ1) is 8.65. The van der Waals surface area contributed by atoms with Crippen molar-refractivity contribution in [2.24, 2.45) is 5.73 Å². The predicted molar refractivity (Wildman–Crippen MR) is 73.9 cm³/mol. The molecule has 1 aromatic rings. The molecule has 0 radical (unpaired) electrons. The molecule has 6 nitrogen and oxygen atoms in total. The second-order valence-electron chi connectivity index (χ2n) is 4.24. The van der Waals surface area contributed by atoms with Gasteiger partial charge in [0.05, 0.1) is 0 Å². The molecule has 0 aliphatic carbocycles. The van der Waals surface area contributed by atoms with Crippen LogP contribution in [0.1, 0.15) is 19.2 Å². The van der Waals surface area contributed by atoms with Crippen LogP contribution in [0.25, 0.3) is 0 Å². The average molecular weight is 253 g/mol. The molecule has 0 fully saturated rings. The lowest BCUT2D eigenvalue weighted by Crippen LogP contribution is -2.26. The zero-order valence-electron chi connectivity index (χ0n) is 11.4. The van der Waals surface area contributed by atoms with Crippen molar-refractivity contribution in [2.45, 2.75) is 26.3 Å². The number of rotatable bonds is 8. The van der Waals surface area contributed by atoms with Gasteiger partial charge in [0.25, 0.3) is 0 Å². The molecule has 102 valence electrons. The maximum absolute atomic E-state index is 5.57. The van der Waals surface area contributed by atoms with Crippen molar-refractivity contribution < 1.29 is 4.74 Å². The van der Waals surface area contributed by atoms with Crippen LogP contribution in [0, 0.1) is 6.92 Å². The van der Waals surface area contributed by atoms with E-state index in [-0.39, 0.29) is 6.04 Å². The molecule has 0 amide bonds. The molecule has 0 saturated heterocycles. The van der Waals surface area contributed by atoms with Gasteiger partial charge in [-0.2, -0.15) is 0 Å². The van der Waals surface area contributed by atoms with Gasteiger partial charge in [0, 0.05) is 38.9 Å². The quantitative estimate of drug-likeness (QED) is 0.599. The van der Waals surface area contributed by atoms with Crippen LogP contribution in [0.2, 0.25) is 0 Å². The summed E-state index contributed by atoms with van der Waals surface area (Å²) in [5.41, 5.74) is 5.57. The van der Waals surface area contributed by atoms with Crippen molar-refractivity contribution >= 4 is 11.6 Å². The Morgan fingerprint density at radius 3 is 2.78 bits per heavy atom. The SMILES string of the molecule is COCCCNc1cc(NC(C)CN)nc(C)n1. The van der Waals surface area contributed by atoms with Crippen LogP contribution in [0.15, 0.2) is 6.07 Å². The van der Waals surface area contributed by atoms with Crippen molar-refractivity contribution in [3.8, 4) is 0 Å². The fraction of sp³-hybridized carbons (Fsp3) is 0.667. The summed E-state index contributed by atoms with van der Waals surface area (Å²) >= 11 is 0. The Hall–Kier alpha value is -1.40. The second kappa shape index (κ2) is 7.84. The van der Waals surface area contributed by atoms with Crippen LogP contribution in [0.5, 0.6) is 0 Å². The maximum Gasteiger partial charge on any atom is 0.132 e. The van der Waals surface area contributed by atoms with Crippen LogP contribution in [0.3, 0.4) is 0 Å². The number of nitrogens with two attached hydrogens (primary N) is 1. The minimum Gasteiger partial charge on any atom is -0.385 e. The van der Waals surface area contributed by atoms with Crippen molar-refractivity contribution in [1.29, 1.82) is 0 Å². The van der Waals surface area contributed by atoms with Gasteiger partial charge >= 0.3 is 0 Å². The lowest BCUT2D eigenvalue weighted by atomic mass is 10.3. The fourth-order valence-electron chi connectivity index (χ4n) is 1.48. The van der Waals surface area contributed by atoms with E-state index in [9.17, 15) is 0 Å². The summed E-state index contributed by atoms with van der Waals surface area (Å²) in [7, 11) is 1.70. The van der Waals surface area contributed by atoms with Crippen LogP contribution >= 0.6 is 0 Å². The average Bonchev–Trinajstić information content (AvgIpc) is 2.34. The molecule has 1 aromatic heterocycles. The molecule has 1 unspecified atom stereocenters. The number of anilines is 2. The molecule has 18 heavy (non-hydrogen) atoms. The molecule has 0 bridgehead atoms. The Morgan fingerprint density at radius 2 is 2.11 bits per heavy atom. The molecular formula is C12H23N5O. The summed E-state index contributed by atoms with van der Waals surface area (Å²) in [6.07, 6.45) is 0.946. The Morgan fingerprint density at radius 1 is 1.39 bits per heavy atom. The Kier molecular flexibility index (Phi) is 6.38. The van der Waals surface area contributed by atoms with Gasteiger partial charge in [0.2, 0.25) is 0 Å². The molecule has 1 atom stereocenters.